The van der Waals surface area contributed by atoms with Crippen LogP contribution >= 0.6 is 0 Å². The van der Waals surface area contributed by atoms with Gasteiger partial charge in [-0.25, -0.2) is 0 Å². The van der Waals surface area contributed by atoms with E-state index in [1.807, 2.05) is 20.8 Å². The normalized spacial score (nSPS) is 41.1. The fraction of sp³-hybridized carbons (Fsp3) is 0.909. The molecule has 0 N–H and O–H groups in total. The summed E-state index contributed by atoms with van der Waals surface area (Å²) in [5.74, 6) is 0. The molecule has 86 valence electrons. The number of rotatable bonds is 3. The van der Waals surface area contributed by atoms with Crippen LogP contribution in [0.4, 0.5) is 0 Å². The molecule has 1 saturated heterocycles. The van der Waals surface area contributed by atoms with Crippen LogP contribution in [0.2, 0.25) is 0 Å². The molecular weight excluding hydrogens is 192 g/mol. The Morgan fingerprint density at radius 2 is 2.07 bits per heavy atom. The molecule has 0 bridgehead atoms. The first-order chi connectivity index (χ1) is 7.13. The number of nitriles is 1. The van der Waals surface area contributed by atoms with E-state index in [4.69, 9.17) is 10.00 Å². The number of ether oxygens (including phenoxy) is 1. The first-order valence-corrected chi connectivity index (χ1v) is 5.73. The minimum atomic E-state index is -0.557. The first-order valence-electron chi connectivity index (χ1n) is 5.73. The second-order valence-electron chi connectivity index (χ2n) is 4.09. The van der Waals surface area contributed by atoms with E-state index >= 15 is 0 Å². The summed E-state index contributed by atoms with van der Waals surface area (Å²) >= 11 is 0. The second kappa shape index (κ2) is 4.93. The standard InChI is InChI=1S/C11H20N2O2/c1-4-9-8-15-11(5-2)10(7-12)13(9,14)6-3/h9-11H,4-6,8H2,1-3H3. The topological polar surface area (TPSA) is 56.1 Å². The lowest BCUT2D eigenvalue weighted by atomic mass is 10.0. The van der Waals surface area contributed by atoms with Gasteiger partial charge >= 0.3 is 0 Å². The third-order valence-electron chi connectivity index (χ3n) is 3.44. The molecule has 0 aromatic carbocycles. The van der Waals surface area contributed by atoms with Gasteiger partial charge in [-0.1, -0.05) is 13.8 Å². The summed E-state index contributed by atoms with van der Waals surface area (Å²) in [5, 5.41) is 21.7. The Balaban J connectivity index is 2.95. The lowest BCUT2D eigenvalue weighted by Crippen LogP contribution is -2.66. The van der Waals surface area contributed by atoms with Gasteiger partial charge in [-0.15, -0.1) is 0 Å². The maximum Gasteiger partial charge on any atom is 0.202 e. The highest BCUT2D eigenvalue weighted by Gasteiger charge is 2.44. The molecule has 4 nitrogen and oxygen atoms in total. The molecule has 4 unspecified atom stereocenters. The molecule has 0 aliphatic carbocycles. The molecule has 0 aromatic heterocycles. The van der Waals surface area contributed by atoms with Gasteiger partial charge < -0.3 is 14.6 Å². The average Bonchev–Trinajstić information content (AvgIpc) is 2.28. The van der Waals surface area contributed by atoms with E-state index in [2.05, 4.69) is 6.07 Å². The van der Waals surface area contributed by atoms with E-state index in [0.29, 0.717) is 13.2 Å². The van der Waals surface area contributed by atoms with Crippen LogP contribution in [0.5, 0.6) is 0 Å². The van der Waals surface area contributed by atoms with E-state index in [0.717, 1.165) is 12.8 Å². The molecule has 0 saturated carbocycles. The van der Waals surface area contributed by atoms with Crippen LogP contribution in [0, 0.1) is 16.5 Å². The number of quaternary nitrogens is 1. The summed E-state index contributed by atoms with van der Waals surface area (Å²) in [6.07, 6.45) is 1.30. The summed E-state index contributed by atoms with van der Waals surface area (Å²) in [5.41, 5.74) is 0. The molecule has 0 amide bonds. The average molecular weight is 212 g/mol. The number of hydrogen-bond donors (Lipinski definition) is 0. The lowest BCUT2D eigenvalue weighted by Gasteiger charge is -2.55. The number of morpholine rings is 1. The van der Waals surface area contributed by atoms with Gasteiger partial charge in [0.05, 0.1) is 13.2 Å². The van der Waals surface area contributed by atoms with Crippen molar-refractivity contribution in [3.8, 4) is 6.07 Å². The van der Waals surface area contributed by atoms with Crippen LogP contribution in [-0.2, 0) is 4.74 Å². The van der Waals surface area contributed by atoms with Crippen molar-refractivity contribution in [2.75, 3.05) is 13.2 Å². The van der Waals surface area contributed by atoms with E-state index in [9.17, 15) is 5.21 Å². The Bertz CT molecular complexity index is 251. The van der Waals surface area contributed by atoms with Crippen molar-refractivity contribution in [3.63, 3.8) is 0 Å². The molecule has 1 rings (SSSR count). The molecular formula is C11H20N2O2. The quantitative estimate of drug-likeness (QED) is 0.529. The third-order valence-corrected chi connectivity index (χ3v) is 3.44. The van der Waals surface area contributed by atoms with E-state index in [1.54, 1.807) is 0 Å². The number of hydroxylamine groups is 3. The SMILES string of the molecule is CCC1OCC(CC)[N+]([O-])(CC)C1C#N. The molecule has 0 aromatic rings. The van der Waals surface area contributed by atoms with Gasteiger partial charge in [0.25, 0.3) is 0 Å². The van der Waals surface area contributed by atoms with Crippen LogP contribution in [0.1, 0.15) is 33.6 Å². The Morgan fingerprint density at radius 1 is 1.40 bits per heavy atom. The minimum absolute atomic E-state index is 0.0811. The zero-order valence-corrected chi connectivity index (χ0v) is 9.77. The Hall–Kier alpha value is -0.630. The van der Waals surface area contributed by atoms with Crippen LogP contribution in [0.25, 0.3) is 0 Å². The van der Waals surface area contributed by atoms with Crippen LogP contribution < -0.4 is 0 Å². The lowest BCUT2D eigenvalue weighted by molar-refractivity contribution is -0.932. The van der Waals surface area contributed by atoms with Crippen molar-refractivity contribution in [1.29, 1.82) is 5.26 Å². The molecule has 1 aliphatic heterocycles. The smallest absolute Gasteiger partial charge is 0.202 e. The van der Waals surface area contributed by atoms with Crippen molar-refractivity contribution in [3.05, 3.63) is 5.21 Å². The van der Waals surface area contributed by atoms with E-state index in [-0.39, 0.29) is 12.1 Å². The molecule has 0 spiro atoms. The fourth-order valence-corrected chi connectivity index (χ4v) is 2.36. The summed E-state index contributed by atoms with van der Waals surface area (Å²) < 4.78 is 5.20. The van der Waals surface area contributed by atoms with Crippen LogP contribution in [0.15, 0.2) is 0 Å². The van der Waals surface area contributed by atoms with Crippen molar-refractivity contribution in [2.24, 2.45) is 0 Å². The summed E-state index contributed by atoms with van der Waals surface area (Å²) in [6, 6.07) is 1.51. The Morgan fingerprint density at radius 3 is 2.47 bits per heavy atom. The maximum absolute atomic E-state index is 12.6. The molecule has 15 heavy (non-hydrogen) atoms. The van der Waals surface area contributed by atoms with Gasteiger partial charge in [0, 0.05) is 0 Å². The molecule has 4 heteroatoms. The highest BCUT2D eigenvalue weighted by molar-refractivity contribution is 4.95. The zero-order valence-electron chi connectivity index (χ0n) is 9.77. The summed E-state index contributed by atoms with van der Waals surface area (Å²) in [7, 11) is 0. The van der Waals surface area contributed by atoms with Gasteiger partial charge in [-0.2, -0.15) is 5.26 Å². The summed E-state index contributed by atoms with van der Waals surface area (Å²) in [4.78, 5) is 0. The van der Waals surface area contributed by atoms with E-state index in [1.165, 1.54) is 0 Å². The minimum Gasteiger partial charge on any atom is -0.632 e. The van der Waals surface area contributed by atoms with Gasteiger partial charge in [-0.3, -0.25) is 0 Å². The van der Waals surface area contributed by atoms with Gasteiger partial charge in [0.2, 0.25) is 6.04 Å². The first kappa shape index (κ1) is 12.4. The third kappa shape index (κ3) is 2.00. The van der Waals surface area contributed by atoms with Crippen molar-refractivity contribution >= 4 is 0 Å². The number of hydrogen-bond acceptors (Lipinski definition) is 3. The van der Waals surface area contributed by atoms with Gasteiger partial charge in [0.15, 0.2) is 0 Å². The number of likely N-dealkylation sites (N-methyl/N-ethyl adjacent to an activating group) is 1. The molecule has 1 aliphatic rings. The Kier molecular flexibility index (Phi) is 4.09. The molecule has 1 fully saturated rings. The number of nitrogens with zero attached hydrogens (tertiary/aromatic N) is 2. The largest absolute Gasteiger partial charge is 0.632 e. The Labute approximate surface area is 91.6 Å². The zero-order chi connectivity index (χ0) is 11.5. The predicted molar refractivity (Wildman–Crippen MR) is 57.7 cm³/mol. The molecule has 0 radical (unpaired) electrons. The molecule has 4 atom stereocenters. The van der Waals surface area contributed by atoms with Crippen molar-refractivity contribution in [2.45, 2.75) is 51.8 Å². The second-order valence-corrected chi connectivity index (χ2v) is 4.09. The highest BCUT2D eigenvalue weighted by Crippen LogP contribution is 2.29. The van der Waals surface area contributed by atoms with Crippen molar-refractivity contribution in [1.82, 2.24) is 0 Å². The van der Waals surface area contributed by atoms with Gasteiger partial charge in [0.1, 0.15) is 18.2 Å². The predicted octanol–water partition coefficient (Wildman–Crippen LogP) is 1.80. The monoisotopic (exact) mass is 212 g/mol. The van der Waals surface area contributed by atoms with Gasteiger partial charge in [-0.05, 0) is 19.8 Å². The van der Waals surface area contributed by atoms with Crippen molar-refractivity contribution < 1.29 is 9.38 Å². The van der Waals surface area contributed by atoms with Crippen LogP contribution in [0.3, 0.4) is 0 Å². The van der Waals surface area contributed by atoms with E-state index < -0.39 is 10.7 Å². The highest BCUT2D eigenvalue weighted by atomic mass is 16.6. The maximum atomic E-state index is 12.6. The van der Waals surface area contributed by atoms with Crippen LogP contribution in [-0.4, -0.2) is 36.0 Å². The molecule has 1 heterocycles. The fourth-order valence-electron chi connectivity index (χ4n) is 2.36. The summed E-state index contributed by atoms with van der Waals surface area (Å²) in [6.45, 7) is 6.75.